The molecule has 0 spiro atoms. The normalized spacial score (nSPS) is 19.2. The molecule has 1 unspecified atom stereocenters. The number of rotatable bonds is 3. The van der Waals surface area contributed by atoms with Gasteiger partial charge in [0.2, 0.25) is 5.91 Å². The monoisotopic (exact) mass is 277 g/mol. The molecule has 102 valence electrons. The van der Waals surface area contributed by atoms with E-state index in [2.05, 4.69) is 4.90 Å². The van der Waals surface area contributed by atoms with Gasteiger partial charge in [0.15, 0.2) is 0 Å². The van der Waals surface area contributed by atoms with Gasteiger partial charge in [0.25, 0.3) is 0 Å². The summed E-state index contributed by atoms with van der Waals surface area (Å²) < 4.78 is 0. The zero-order valence-electron chi connectivity index (χ0n) is 11.1. The maximum atomic E-state index is 11.4. The van der Waals surface area contributed by atoms with E-state index in [1.54, 1.807) is 0 Å². The largest absolute Gasteiger partial charge is 0.389 e. The van der Waals surface area contributed by atoms with Crippen molar-refractivity contribution < 1.29 is 4.79 Å². The predicted molar refractivity (Wildman–Crippen MR) is 81.2 cm³/mol. The second kappa shape index (κ2) is 5.57. The second-order valence-electron chi connectivity index (χ2n) is 5.02. The number of carbonyl (C=O) groups is 1. The van der Waals surface area contributed by atoms with Crippen molar-refractivity contribution in [3.05, 3.63) is 29.3 Å². The first-order valence-corrected chi connectivity index (χ1v) is 6.85. The molecule has 1 heterocycles. The van der Waals surface area contributed by atoms with Crippen molar-refractivity contribution in [3.8, 4) is 0 Å². The van der Waals surface area contributed by atoms with Crippen LogP contribution in [0.2, 0.25) is 0 Å². The molecule has 1 atom stereocenters. The van der Waals surface area contributed by atoms with Crippen LogP contribution in [0.4, 0.5) is 5.69 Å². The molecule has 0 aromatic heterocycles. The topological polar surface area (TPSA) is 72.3 Å². The van der Waals surface area contributed by atoms with E-state index in [0.717, 1.165) is 36.2 Å². The quantitative estimate of drug-likeness (QED) is 0.818. The Hall–Kier alpha value is -1.62. The summed E-state index contributed by atoms with van der Waals surface area (Å²) in [5, 5.41) is 0. The third-order valence-electron chi connectivity index (χ3n) is 3.64. The maximum Gasteiger partial charge on any atom is 0.222 e. The van der Waals surface area contributed by atoms with Crippen LogP contribution in [0.1, 0.15) is 24.0 Å². The Bertz CT molecular complexity index is 515. The molecule has 5 heteroatoms. The molecular weight excluding hydrogens is 258 g/mol. The minimum absolute atomic E-state index is 0.0902. The molecule has 1 aliphatic heterocycles. The second-order valence-corrected chi connectivity index (χ2v) is 5.46. The number of hydrogen-bond donors (Lipinski definition) is 2. The molecule has 0 bridgehead atoms. The van der Waals surface area contributed by atoms with Gasteiger partial charge in [-0.05, 0) is 31.4 Å². The molecular formula is C14H19N3OS. The van der Waals surface area contributed by atoms with Gasteiger partial charge in [-0.15, -0.1) is 0 Å². The van der Waals surface area contributed by atoms with E-state index in [1.807, 2.05) is 25.1 Å². The number of thiocarbonyl (C=S) groups is 1. The van der Waals surface area contributed by atoms with Gasteiger partial charge in [-0.3, -0.25) is 4.79 Å². The van der Waals surface area contributed by atoms with Crippen LogP contribution >= 0.6 is 12.2 Å². The molecule has 1 aliphatic rings. The highest BCUT2D eigenvalue weighted by Gasteiger charge is 2.26. The average Bonchev–Trinajstić information content (AvgIpc) is 2.38. The molecule has 0 radical (unpaired) electrons. The van der Waals surface area contributed by atoms with Crippen molar-refractivity contribution in [2.24, 2.45) is 17.4 Å². The molecule has 1 amide bonds. The fourth-order valence-corrected chi connectivity index (χ4v) is 2.85. The van der Waals surface area contributed by atoms with Gasteiger partial charge in [-0.25, -0.2) is 0 Å². The highest BCUT2D eigenvalue weighted by Crippen LogP contribution is 2.29. The van der Waals surface area contributed by atoms with Crippen LogP contribution in [0, 0.1) is 12.8 Å². The van der Waals surface area contributed by atoms with Crippen molar-refractivity contribution in [1.82, 2.24) is 0 Å². The molecule has 0 saturated carbocycles. The van der Waals surface area contributed by atoms with E-state index < -0.39 is 0 Å². The Morgan fingerprint density at radius 2 is 2.16 bits per heavy atom. The first-order chi connectivity index (χ1) is 9.00. The van der Waals surface area contributed by atoms with E-state index in [-0.39, 0.29) is 11.8 Å². The number of para-hydroxylation sites is 1. The Morgan fingerprint density at radius 3 is 2.79 bits per heavy atom. The van der Waals surface area contributed by atoms with Crippen LogP contribution in [0.25, 0.3) is 0 Å². The van der Waals surface area contributed by atoms with Crippen LogP contribution in [0.15, 0.2) is 18.2 Å². The Morgan fingerprint density at radius 1 is 1.42 bits per heavy atom. The number of primary amides is 1. The summed E-state index contributed by atoms with van der Waals surface area (Å²) in [6.45, 7) is 3.59. The van der Waals surface area contributed by atoms with E-state index in [9.17, 15) is 4.79 Å². The molecule has 1 fully saturated rings. The predicted octanol–water partition coefficient (Wildman–Crippen LogP) is 1.33. The third kappa shape index (κ3) is 2.87. The molecule has 1 aromatic carbocycles. The van der Waals surface area contributed by atoms with E-state index in [1.165, 1.54) is 0 Å². The summed E-state index contributed by atoms with van der Waals surface area (Å²) in [4.78, 5) is 14.0. The first kappa shape index (κ1) is 13.8. The van der Waals surface area contributed by atoms with E-state index in [0.29, 0.717) is 11.5 Å². The van der Waals surface area contributed by atoms with Crippen molar-refractivity contribution in [1.29, 1.82) is 0 Å². The fraction of sp³-hybridized carbons (Fsp3) is 0.429. The van der Waals surface area contributed by atoms with Gasteiger partial charge < -0.3 is 16.4 Å². The van der Waals surface area contributed by atoms with Gasteiger partial charge in [-0.1, -0.05) is 24.4 Å². The fourth-order valence-electron chi connectivity index (χ4n) is 2.69. The molecule has 2 rings (SSSR count). The summed E-state index contributed by atoms with van der Waals surface area (Å²) in [6.07, 6.45) is 1.82. The first-order valence-electron chi connectivity index (χ1n) is 6.44. The van der Waals surface area contributed by atoms with E-state index >= 15 is 0 Å². The molecule has 1 aromatic rings. The number of nitrogens with zero attached hydrogens (tertiary/aromatic N) is 1. The number of nitrogens with two attached hydrogens (primary N) is 2. The van der Waals surface area contributed by atoms with Crippen molar-refractivity contribution in [2.45, 2.75) is 19.8 Å². The van der Waals surface area contributed by atoms with Crippen molar-refractivity contribution in [3.63, 3.8) is 0 Å². The minimum Gasteiger partial charge on any atom is -0.389 e. The molecule has 1 saturated heterocycles. The average molecular weight is 277 g/mol. The summed E-state index contributed by atoms with van der Waals surface area (Å²) in [6, 6.07) is 5.91. The van der Waals surface area contributed by atoms with Gasteiger partial charge in [-0.2, -0.15) is 0 Å². The Kier molecular flexibility index (Phi) is 4.04. The van der Waals surface area contributed by atoms with Crippen molar-refractivity contribution >= 4 is 28.8 Å². The van der Waals surface area contributed by atoms with Gasteiger partial charge >= 0.3 is 0 Å². The van der Waals surface area contributed by atoms with Gasteiger partial charge in [0.05, 0.1) is 5.92 Å². The zero-order chi connectivity index (χ0) is 14.0. The number of anilines is 1. The summed E-state index contributed by atoms with van der Waals surface area (Å²) >= 11 is 5.12. The van der Waals surface area contributed by atoms with Crippen LogP contribution in [0.3, 0.4) is 0 Å². The highest BCUT2D eigenvalue weighted by atomic mass is 32.1. The van der Waals surface area contributed by atoms with Crippen LogP contribution in [-0.2, 0) is 4.79 Å². The Labute approximate surface area is 118 Å². The molecule has 0 aliphatic carbocycles. The zero-order valence-corrected chi connectivity index (χ0v) is 11.9. The molecule has 4 nitrogen and oxygen atoms in total. The minimum atomic E-state index is -0.227. The van der Waals surface area contributed by atoms with Crippen LogP contribution in [-0.4, -0.2) is 24.0 Å². The van der Waals surface area contributed by atoms with Crippen LogP contribution < -0.4 is 16.4 Å². The lowest BCUT2D eigenvalue weighted by molar-refractivity contribution is -0.122. The Balaban J connectivity index is 2.35. The number of carbonyl (C=O) groups excluding carboxylic acids is 1. The standard InChI is InChI=1S/C14H19N3OS/c1-9-4-2-6-11(14(16)19)12(9)17-7-3-5-10(8-17)13(15)18/h2,4,6,10H,3,5,7-8H2,1H3,(H2,15,18)(H2,16,19). The number of piperidine rings is 1. The summed E-state index contributed by atoms with van der Waals surface area (Å²) in [5.41, 5.74) is 14.3. The van der Waals surface area contributed by atoms with Crippen LogP contribution in [0.5, 0.6) is 0 Å². The highest BCUT2D eigenvalue weighted by molar-refractivity contribution is 7.80. The lowest BCUT2D eigenvalue weighted by Gasteiger charge is -2.35. The van der Waals surface area contributed by atoms with E-state index in [4.69, 9.17) is 23.7 Å². The summed E-state index contributed by atoms with van der Waals surface area (Å²) in [7, 11) is 0. The number of hydrogen-bond acceptors (Lipinski definition) is 3. The van der Waals surface area contributed by atoms with Crippen molar-refractivity contribution in [2.75, 3.05) is 18.0 Å². The molecule has 4 N–H and O–H groups in total. The maximum absolute atomic E-state index is 11.4. The third-order valence-corrected chi connectivity index (χ3v) is 3.86. The lowest BCUT2D eigenvalue weighted by atomic mass is 9.95. The number of aryl methyl sites for hydroxylation is 1. The lowest BCUT2D eigenvalue weighted by Crippen LogP contribution is -2.42. The smallest absolute Gasteiger partial charge is 0.222 e. The molecule has 19 heavy (non-hydrogen) atoms. The number of amides is 1. The SMILES string of the molecule is Cc1cccc(C(N)=S)c1N1CCCC(C(N)=O)C1. The van der Waals surface area contributed by atoms with Gasteiger partial charge in [0, 0.05) is 24.3 Å². The number of benzene rings is 1. The summed E-state index contributed by atoms with van der Waals surface area (Å²) in [5.74, 6) is -0.317. The van der Waals surface area contributed by atoms with Gasteiger partial charge in [0.1, 0.15) is 4.99 Å².